The Bertz CT molecular complexity index is 848. The molecule has 0 fully saturated rings. The fraction of sp³-hybridized carbons (Fsp3) is 0.400. The maximum atomic E-state index is 12.4. The third-order valence-electron chi connectivity index (χ3n) is 5.89. The summed E-state index contributed by atoms with van der Waals surface area (Å²) in [7, 11) is -1.22. The molecule has 1 aliphatic rings. The van der Waals surface area contributed by atoms with Gasteiger partial charge in [0.25, 0.3) is 8.32 Å². The standard InChI is InChI=1S/C25H33O3SSi/c1-25(2,3)30(19-13-9-7-10-14-19,20-15-11-8-12-16-20)28-22-18-17-21(24(26)27-4)23(22)29(5)6/h7-17,22-23H,18H2,1-6H3/q+1/t22-,23-/m0/s1. The van der Waals surface area contributed by atoms with E-state index >= 15 is 0 Å². The molecule has 0 N–H and O–H groups in total. The largest absolute Gasteiger partial charge is 0.466 e. The van der Waals surface area contributed by atoms with Crippen LogP contribution in [-0.2, 0) is 24.9 Å². The van der Waals surface area contributed by atoms with Crippen LogP contribution < -0.4 is 10.4 Å². The van der Waals surface area contributed by atoms with Crippen molar-refractivity contribution in [3.63, 3.8) is 0 Å². The second-order valence-corrected chi connectivity index (χ2v) is 15.5. The summed E-state index contributed by atoms with van der Waals surface area (Å²) in [5, 5.41) is 2.50. The number of methoxy groups -OCH3 is 1. The van der Waals surface area contributed by atoms with Crippen molar-refractivity contribution in [1.29, 1.82) is 0 Å². The van der Waals surface area contributed by atoms with Gasteiger partial charge in [0.05, 0.1) is 25.2 Å². The maximum Gasteiger partial charge on any atom is 0.338 e. The molecule has 2 atom stereocenters. The van der Waals surface area contributed by atoms with Gasteiger partial charge in [0, 0.05) is 0 Å². The Morgan fingerprint density at radius 3 is 1.87 bits per heavy atom. The van der Waals surface area contributed by atoms with E-state index in [1.54, 1.807) is 0 Å². The highest BCUT2D eigenvalue weighted by Gasteiger charge is 2.55. The average molecular weight is 442 g/mol. The minimum absolute atomic E-state index is 0.0194. The molecule has 0 spiro atoms. The van der Waals surface area contributed by atoms with E-state index in [1.807, 2.05) is 6.08 Å². The Morgan fingerprint density at radius 1 is 0.967 bits per heavy atom. The van der Waals surface area contributed by atoms with Gasteiger partial charge in [-0.2, -0.15) is 0 Å². The van der Waals surface area contributed by atoms with E-state index in [0.29, 0.717) is 0 Å². The van der Waals surface area contributed by atoms with Crippen LogP contribution in [0.15, 0.2) is 72.3 Å². The number of rotatable bonds is 6. The van der Waals surface area contributed by atoms with Crippen molar-refractivity contribution in [1.82, 2.24) is 0 Å². The smallest absolute Gasteiger partial charge is 0.338 e. The Balaban J connectivity index is 2.14. The van der Waals surface area contributed by atoms with Crippen LogP contribution in [-0.4, -0.2) is 45.3 Å². The van der Waals surface area contributed by atoms with Crippen molar-refractivity contribution >= 4 is 35.6 Å². The molecule has 0 heterocycles. The van der Waals surface area contributed by atoms with Crippen molar-refractivity contribution in [3.8, 4) is 0 Å². The number of benzene rings is 2. The van der Waals surface area contributed by atoms with Crippen molar-refractivity contribution in [2.75, 3.05) is 19.6 Å². The summed E-state index contributed by atoms with van der Waals surface area (Å²) in [5.74, 6) is -0.227. The van der Waals surface area contributed by atoms with E-state index in [4.69, 9.17) is 9.16 Å². The first-order chi connectivity index (χ1) is 14.2. The highest BCUT2D eigenvalue weighted by Crippen LogP contribution is 2.40. The second kappa shape index (κ2) is 9.12. The van der Waals surface area contributed by atoms with Gasteiger partial charge in [-0.15, -0.1) is 0 Å². The first kappa shape index (κ1) is 22.9. The first-order valence-electron chi connectivity index (χ1n) is 10.4. The summed E-state index contributed by atoms with van der Waals surface area (Å²) >= 11 is 0. The Morgan fingerprint density at radius 2 is 1.47 bits per heavy atom. The zero-order valence-corrected chi connectivity index (χ0v) is 20.7. The van der Waals surface area contributed by atoms with Crippen molar-refractivity contribution in [2.24, 2.45) is 0 Å². The molecule has 1 aliphatic carbocycles. The number of ether oxygens (including phenoxy) is 1. The Labute approximate surface area is 185 Å². The minimum Gasteiger partial charge on any atom is -0.466 e. The molecule has 2 aromatic carbocycles. The van der Waals surface area contributed by atoms with E-state index in [9.17, 15) is 4.79 Å². The van der Waals surface area contributed by atoms with E-state index in [1.165, 1.54) is 17.5 Å². The van der Waals surface area contributed by atoms with Gasteiger partial charge in [0.2, 0.25) is 0 Å². The maximum absolute atomic E-state index is 12.4. The summed E-state index contributed by atoms with van der Waals surface area (Å²) in [4.78, 5) is 12.4. The molecular formula is C25H33O3SSi+. The van der Waals surface area contributed by atoms with Crippen molar-refractivity contribution < 1.29 is 14.0 Å². The molecule has 0 saturated heterocycles. The third kappa shape index (κ3) is 4.16. The second-order valence-electron chi connectivity index (χ2n) is 9.01. The molecule has 0 aliphatic heterocycles. The molecule has 3 nitrogen and oxygen atoms in total. The van der Waals surface area contributed by atoms with Crippen LogP contribution in [0.3, 0.4) is 0 Å². The number of hydrogen-bond acceptors (Lipinski definition) is 3. The average Bonchev–Trinajstić information content (AvgIpc) is 3.15. The minimum atomic E-state index is -2.66. The fourth-order valence-electron chi connectivity index (χ4n) is 4.59. The van der Waals surface area contributed by atoms with Gasteiger partial charge in [-0.05, 0) is 32.7 Å². The fourth-order valence-corrected chi connectivity index (χ4v) is 10.9. The van der Waals surface area contributed by atoms with E-state index in [-0.39, 0.29) is 33.3 Å². The molecule has 5 heteroatoms. The molecule has 2 aromatic rings. The number of hydrogen-bond donors (Lipinski definition) is 0. The molecular weight excluding hydrogens is 408 g/mol. The number of carbonyl (C=O) groups is 1. The molecule has 30 heavy (non-hydrogen) atoms. The molecule has 0 bridgehead atoms. The molecule has 3 rings (SSSR count). The topological polar surface area (TPSA) is 35.5 Å². The van der Waals surface area contributed by atoms with Gasteiger partial charge >= 0.3 is 5.97 Å². The zero-order chi connectivity index (χ0) is 21.9. The highest BCUT2D eigenvalue weighted by atomic mass is 32.2. The summed E-state index contributed by atoms with van der Waals surface area (Å²) in [6.07, 6.45) is 7.11. The molecule has 160 valence electrons. The summed E-state index contributed by atoms with van der Waals surface area (Å²) in [6, 6.07) is 21.4. The molecule has 0 saturated carbocycles. The number of esters is 1. The van der Waals surface area contributed by atoms with Gasteiger partial charge in [-0.1, -0.05) is 87.5 Å². The van der Waals surface area contributed by atoms with Crippen LogP contribution in [0.1, 0.15) is 27.2 Å². The van der Waals surface area contributed by atoms with Crippen LogP contribution in [0.2, 0.25) is 5.04 Å². The monoisotopic (exact) mass is 441 g/mol. The lowest BCUT2D eigenvalue weighted by Gasteiger charge is -2.45. The molecule has 0 unspecified atom stereocenters. The summed E-state index contributed by atoms with van der Waals surface area (Å²) in [6.45, 7) is 6.86. The van der Waals surface area contributed by atoms with Gasteiger partial charge in [0.1, 0.15) is 6.10 Å². The summed E-state index contributed by atoms with van der Waals surface area (Å²) in [5.41, 5.74) is 0.772. The lowest BCUT2D eigenvalue weighted by Crippen LogP contribution is -2.68. The first-order valence-corrected chi connectivity index (χ1v) is 14.4. The van der Waals surface area contributed by atoms with E-state index in [2.05, 4.69) is 93.9 Å². The van der Waals surface area contributed by atoms with E-state index in [0.717, 1.165) is 12.0 Å². The molecule has 0 radical (unpaired) electrons. The quantitative estimate of drug-likeness (QED) is 0.390. The van der Waals surface area contributed by atoms with E-state index < -0.39 is 8.32 Å². The summed E-state index contributed by atoms with van der Waals surface area (Å²) < 4.78 is 12.4. The molecule has 0 amide bonds. The van der Waals surface area contributed by atoms with Gasteiger partial charge < -0.3 is 9.16 Å². The van der Waals surface area contributed by atoms with Crippen molar-refractivity contribution in [3.05, 3.63) is 72.3 Å². The van der Waals surface area contributed by atoms with Gasteiger partial charge in [-0.25, -0.2) is 4.79 Å². The predicted octanol–water partition coefficient (Wildman–Crippen LogP) is 3.68. The Hall–Kier alpha value is -1.82. The van der Waals surface area contributed by atoms with Crippen LogP contribution in [0.5, 0.6) is 0 Å². The van der Waals surface area contributed by atoms with Crippen LogP contribution in [0.25, 0.3) is 0 Å². The Kier molecular flexibility index (Phi) is 6.95. The van der Waals surface area contributed by atoms with Gasteiger partial charge in [0.15, 0.2) is 5.25 Å². The van der Waals surface area contributed by atoms with Crippen molar-refractivity contribution in [2.45, 2.75) is 43.6 Å². The third-order valence-corrected chi connectivity index (χ3v) is 12.5. The number of carbonyl (C=O) groups excluding carboxylic acids is 1. The van der Waals surface area contributed by atoms with Crippen LogP contribution in [0, 0.1) is 0 Å². The van der Waals surface area contributed by atoms with Crippen LogP contribution in [0.4, 0.5) is 0 Å². The predicted molar refractivity (Wildman–Crippen MR) is 130 cm³/mol. The van der Waals surface area contributed by atoms with Crippen LogP contribution >= 0.6 is 0 Å². The zero-order valence-electron chi connectivity index (χ0n) is 18.8. The SMILES string of the molecule is COC(=O)C1=CC[C@H](O[Si](c2ccccc2)(c2ccccc2)C(C)(C)C)[C@H]1[S+](C)C. The lowest BCUT2D eigenvalue weighted by atomic mass is 10.2. The molecule has 0 aromatic heterocycles. The highest BCUT2D eigenvalue weighted by molar-refractivity contribution is 7.96. The normalized spacial score (nSPS) is 19.6. The van der Waals surface area contributed by atoms with Gasteiger partial charge in [-0.3, -0.25) is 0 Å². The lowest BCUT2D eigenvalue weighted by molar-refractivity contribution is -0.136.